The molecule has 37 heavy (non-hydrogen) atoms. The summed E-state index contributed by atoms with van der Waals surface area (Å²) in [4.78, 5) is 37.3. The van der Waals surface area contributed by atoms with E-state index in [9.17, 15) is 9.59 Å². The fourth-order valence-corrected chi connectivity index (χ4v) is 4.99. The second-order valence-electron chi connectivity index (χ2n) is 9.52. The number of amides is 1. The highest BCUT2D eigenvalue weighted by Gasteiger charge is 2.28. The van der Waals surface area contributed by atoms with Gasteiger partial charge in [-0.2, -0.15) is 4.98 Å². The molecular formula is C28H27ClN4O4. The van der Waals surface area contributed by atoms with Gasteiger partial charge in [-0.25, -0.2) is 9.78 Å². The van der Waals surface area contributed by atoms with Crippen LogP contribution in [0.3, 0.4) is 0 Å². The molecule has 1 aliphatic carbocycles. The number of carboxylic acids is 1. The number of carbonyl (C=O) groups excluding carboxylic acids is 1. The van der Waals surface area contributed by atoms with Crippen LogP contribution in [0.15, 0.2) is 54.6 Å². The van der Waals surface area contributed by atoms with Crippen LogP contribution in [0.4, 0.5) is 0 Å². The Balaban J connectivity index is 1.30. The van der Waals surface area contributed by atoms with E-state index in [4.69, 9.17) is 21.4 Å². The number of aromatic carboxylic acids is 1. The number of hydrogen-bond donors (Lipinski definition) is 2. The van der Waals surface area contributed by atoms with Crippen LogP contribution in [0.25, 0.3) is 33.5 Å². The van der Waals surface area contributed by atoms with E-state index in [1.807, 2.05) is 24.3 Å². The van der Waals surface area contributed by atoms with E-state index in [0.29, 0.717) is 27.9 Å². The van der Waals surface area contributed by atoms with Gasteiger partial charge in [-0.15, -0.1) is 0 Å². The molecule has 2 aromatic carbocycles. The zero-order chi connectivity index (χ0) is 26.1. The lowest BCUT2D eigenvalue weighted by atomic mass is 9.86. The van der Waals surface area contributed by atoms with Gasteiger partial charge in [-0.05, 0) is 55.0 Å². The fraction of sp³-hybridized carbons (Fsp3) is 0.286. The number of halogens is 1. The van der Waals surface area contributed by atoms with Gasteiger partial charge in [0, 0.05) is 25.6 Å². The number of ether oxygens (including phenoxy) is 1. The monoisotopic (exact) mass is 518 g/mol. The van der Waals surface area contributed by atoms with Crippen LogP contribution in [0, 0.1) is 5.92 Å². The van der Waals surface area contributed by atoms with Crippen LogP contribution >= 0.6 is 11.6 Å². The molecular weight excluding hydrogens is 492 g/mol. The van der Waals surface area contributed by atoms with Crippen LogP contribution in [-0.4, -0.2) is 57.0 Å². The second kappa shape index (κ2) is 10.2. The first-order valence-electron chi connectivity index (χ1n) is 12.2. The Labute approximate surface area is 219 Å². The number of H-pyrrole nitrogens is 1. The quantitative estimate of drug-likeness (QED) is 0.340. The predicted octanol–water partition coefficient (Wildman–Crippen LogP) is 5.67. The van der Waals surface area contributed by atoms with E-state index in [-0.39, 0.29) is 23.5 Å². The number of carbonyl (C=O) groups is 2. The van der Waals surface area contributed by atoms with Gasteiger partial charge in [0.2, 0.25) is 5.91 Å². The summed E-state index contributed by atoms with van der Waals surface area (Å²) >= 11 is 6.57. The number of fused-ring (bicyclic) bond motifs is 1. The van der Waals surface area contributed by atoms with Crippen molar-refractivity contribution in [2.24, 2.45) is 5.92 Å². The standard InChI is InChI=1S/C28H27ClN4O4/c1-33(2)26(34)19-11-13-21(14-12-19)37-28-30-23-15-22(29)24(31-25(23)32-28)18-7-3-16(4-8-18)17-5-9-20(10-6-17)27(35)36/h3-10,15,19,21H,11-14H2,1-2H3,(H,35,36)(H,30,31,32)/t19-,21-. The van der Waals surface area contributed by atoms with Crippen molar-refractivity contribution >= 4 is 34.6 Å². The molecule has 2 N–H and O–H groups in total. The molecule has 0 bridgehead atoms. The average molecular weight is 519 g/mol. The fourth-order valence-electron chi connectivity index (χ4n) is 4.73. The lowest BCUT2D eigenvalue weighted by Crippen LogP contribution is -2.34. The topological polar surface area (TPSA) is 108 Å². The highest BCUT2D eigenvalue weighted by atomic mass is 35.5. The van der Waals surface area contributed by atoms with Crippen molar-refractivity contribution in [1.29, 1.82) is 0 Å². The molecule has 190 valence electrons. The van der Waals surface area contributed by atoms with E-state index < -0.39 is 5.97 Å². The number of benzene rings is 2. The van der Waals surface area contributed by atoms with Crippen molar-refractivity contribution in [3.63, 3.8) is 0 Å². The van der Waals surface area contributed by atoms with Crippen molar-refractivity contribution in [2.75, 3.05) is 14.1 Å². The summed E-state index contributed by atoms with van der Waals surface area (Å²) in [6, 6.07) is 16.7. The number of aromatic amines is 1. The predicted molar refractivity (Wildman–Crippen MR) is 142 cm³/mol. The Morgan fingerprint density at radius 3 is 2.14 bits per heavy atom. The van der Waals surface area contributed by atoms with Crippen LogP contribution in [0.1, 0.15) is 36.0 Å². The van der Waals surface area contributed by atoms with Gasteiger partial charge in [0.05, 0.1) is 21.8 Å². The van der Waals surface area contributed by atoms with Crippen LogP contribution in [0.2, 0.25) is 5.02 Å². The molecule has 0 atom stereocenters. The number of pyridine rings is 1. The maximum atomic E-state index is 12.2. The molecule has 1 fully saturated rings. The molecule has 2 aromatic heterocycles. The largest absolute Gasteiger partial charge is 0.478 e. The molecule has 0 spiro atoms. The SMILES string of the molecule is CN(C)C(=O)[C@H]1CC[C@H](Oc2nc3nc(-c4ccc(-c5ccc(C(=O)O)cc5)cc4)c(Cl)cc3[nH]2)CC1. The van der Waals surface area contributed by atoms with Gasteiger partial charge in [0.15, 0.2) is 5.65 Å². The van der Waals surface area contributed by atoms with E-state index in [1.165, 1.54) is 0 Å². The van der Waals surface area contributed by atoms with Crippen LogP contribution in [0.5, 0.6) is 6.01 Å². The minimum atomic E-state index is -0.950. The normalized spacial score (nSPS) is 17.5. The highest BCUT2D eigenvalue weighted by molar-refractivity contribution is 6.33. The van der Waals surface area contributed by atoms with Crippen molar-refractivity contribution in [3.05, 3.63) is 65.2 Å². The summed E-state index contributed by atoms with van der Waals surface area (Å²) in [5.41, 5.74) is 4.78. The molecule has 0 saturated heterocycles. The molecule has 5 rings (SSSR count). The lowest BCUT2D eigenvalue weighted by molar-refractivity contribution is -0.134. The molecule has 0 aliphatic heterocycles. The zero-order valence-electron chi connectivity index (χ0n) is 20.6. The number of hydrogen-bond acceptors (Lipinski definition) is 5. The Morgan fingerprint density at radius 1 is 0.946 bits per heavy atom. The van der Waals surface area contributed by atoms with Crippen LogP contribution in [-0.2, 0) is 4.79 Å². The summed E-state index contributed by atoms with van der Waals surface area (Å²) in [6.45, 7) is 0. The Bertz CT molecular complexity index is 1440. The number of aromatic nitrogens is 3. The Hall–Kier alpha value is -3.91. The summed E-state index contributed by atoms with van der Waals surface area (Å²) in [7, 11) is 3.59. The van der Waals surface area contributed by atoms with Gasteiger partial charge < -0.3 is 19.7 Å². The van der Waals surface area contributed by atoms with E-state index in [2.05, 4.69) is 15.0 Å². The van der Waals surface area contributed by atoms with Crippen molar-refractivity contribution in [3.8, 4) is 28.4 Å². The van der Waals surface area contributed by atoms with Crippen molar-refractivity contribution in [1.82, 2.24) is 19.9 Å². The minimum Gasteiger partial charge on any atom is -0.478 e. The van der Waals surface area contributed by atoms with Gasteiger partial charge in [0.25, 0.3) is 6.01 Å². The third-order valence-electron chi connectivity index (χ3n) is 6.77. The molecule has 4 aromatic rings. The molecule has 0 unspecified atom stereocenters. The summed E-state index contributed by atoms with van der Waals surface area (Å²) in [6.07, 6.45) is 3.20. The molecule has 0 radical (unpaired) electrons. The van der Waals surface area contributed by atoms with Gasteiger partial charge in [0.1, 0.15) is 6.10 Å². The van der Waals surface area contributed by atoms with Crippen molar-refractivity contribution in [2.45, 2.75) is 31.8 Å². The molecule has 9 heteroatoms. The number of nitrogens with one attached hydrogen (secondary N) is 1. The molecule has 1 saturated carbocycles. The lowest BCUT2D eigenvalue weighted by Gasteiger charge is -2.28. The van der Waals surface area contributed by atoms with E-state index in [0.717, 1.165) is 42.4 Å². The number of nitrogens with zero attached hydrogens (tertiary/aromatic N) is 3. The summed E-state index contributed by atoms with van der Waals surface area (Å²) < 4.78 is 6.09. The zero-order valence-corrected chi connectivity index (χ0v) is 21.3. The molecule has 1 aliphatic rings. The van der Waals surface area contributed by atoms with Crippen molar-refractivity contribution < 1.29 is 19.4 Å². The number of carboxylic acid groups (broad SMARTS) is 1. The maximum Gasteiger partial charge on any atom is 0.335 e. The summed E-state index contributed by atoms with van der Waals surface area (Å²) in [5, 5.41) is 9.58. The molecule has 2 heterocycles. The number of rotatable bonds is 6. The smallest absolute Gasteiger partial charge is 0.335 e. The second-order valence-corrected chi connectivity index (χ2v) is 9.92. The van der Waals surface area contributed by atoms with Gasteiger partial charge in [-0.1, -0.05) is 48.0 Å². The highest BCUT2D eigenvalue weighted by Crippen LogP contribution is 2.32. The van der Waals surface area contributed by atoms with E-state index >= 15 is 0 Å². The van der Waals surface area contributed by atoms with E-state index in [1.54, 1.807) is 49.3 Å². The third-order valence-corrected chi connectivity index (χ3v) is 7.06. The Morgan fingerprint density at radius 2 is 1.54 bits per heavy atom. The maximum absolute atomic E-state index is 12.2. The summed E-state index contributed by atoms with van der Waals surface area (Å²) in [5.74, 6) is -0.712. The molecule has 1 amide bonds. The van der Waals surface area contributed by atoms with Crippen LogP contribution < -0.4 is 4.74 Å². The minimum absolute atomic E-state index is 0.00109. The average Bonchev–Trinajstić information content (AvgIpc) is 3.29. The third kappa shape index (κ3) is 5.29. The van der Waals surface area contributed by atoms with Gasteiger partial charge in [-0.3, -0.25) is 4.79 Å². The first kappa shape index (κ1) is 24.8. The Kier molecular flexibility index (Phi) is 6.84. The first-order chi connectivity index (χ1) is 17.8. The molecule has 8 nitrogen and oxygen atoms in total. The van der Waals surface area contributed by atoms with Gasteiger partial charge >= 0.3 is 5.97 Å². The first-order valence-corrected chi connectivity index (χ1v) is 12.5. The number of imidazole rings is 1.